The zero-order valence-corrected chi connectivity index (χ0v) is 15.1. The number of hydrogen-bond acceptors (Lipinski definition) is 5. The van der Waals surface area contributed by atoms with Crippen molar-refractivity contribution < 1.29 is 9.53 Å². The van der Waals surface area contributed by atoms with Crippen LogP contribution >= 0.6 is 11.8 Å². The lowest BCUT2D eigenvalue weighted by Crippen LogP contribution is -2.42. The number of aryl methyl sites for hydroxylation is 1. The van der Waals surface area contributed by atoms with Crippen molar-refractivity contribution in [2.24, 2.45) is 0 Å². The first-order valence-corrected chi connectivity index (χ1v) is 9.61. The van der Waals surface area contributed by atoms with E-state index in [2.05, 4.69) is 14.8 Å². The first kappa shape index (κ1) is 16.6. The number of thioether (sulfide) groups is 1. The van der Waals surface area contributed by atoms with Crippen LogP contribution in [0.4, 0.5) is 0 Å². The summed E-state index contributed by atoms with van der Waals surface area (Å²) in [6, 6.07) is 10.5. The highest BCUT2D eigenvalue weighted by atomic mass is 32.2. The van der Waals surface area contributed by atoms with Crippen molar-refractivity contribution in [1.29, 1.82) is 0 Å². The summed E-state index contributed by atoms with van der Waals surface area (Å²) in [7, 11) is 0. The summed E-state index contributed by atoms with van der Waals surface area (Å²) < 4.78 is 7.58. The molecule has 25 heavy (non-hydrogen) atoms. The van der Waals surface area contributed by atoms with Crippen molar-refractivity contribution in [2.75, 3.05) is 26.3 Å². The molecule has 0 radical (unpaired) electrons. The minimum atomic E-state index is -0.305. The number of ether oxygens (including phenoxy) is 1. The van der Waals surface area contributed by atoms with Gasteiger partial charge in [-0.3, -0.25) is 4.79 Å². The molecule has 0 bridgehead atoms. The number of carbonyl (C=O) groups is 1. The lowest BCUT2D eigenvalue weighted by atomic mass is 10.1. The molecule has 1 atom stereocenters. The number of aromatic nitrogens is 3. The van der Waals surface area contributed by atoms with Gasteiger partial charge < -0.3 is 14.2 Å². The van der Waals surface area contributed by atoms with E-state index in [0.717, 1.165) is 16.5 Å². The Labute approximate surface area is 151 Å². The first-order chi connectivity index (χ1) is 12.2. The Morgan fingerprint density at radius 1 is 1.20 bits per heavy atom. The maximum absolute atomic E-state index is 13.2. The molecule has 1 aliphatic carbocycles. The molecule has 1 aliphatic heterocycles. The van der Waals surface area contributed by atoms with E-state index in [9.17, 15) is 4.79 Å². The number of benzene rings is 1. The van der Waals surface area contributed by atoms with Gasteiger partial charge in [-0.25, -0.2) is 0 Å². The molecule has 2 aliphatic rings. The average Bonchev–Trinajstić information content (AvgIpc) is 3.43. The van der Waals surface area contributed by atoms with Gasteiger partial charge in [0.2, 0.25) is 5.91 Å². The maximum Gasteiger partial charge on any atom is 0.240 e. The van der Waals surface area contributed by atoms with Gasteiger partial charge in [0.05, 0.1) is 13.2 Å². The third-order valence-corrected chi connectivity index (χ3v) is 5.82. The molecule has 1 amide bonds. The topological polar surface area (TPSA) is 60.3 Å². The van der Waals surface area contributed by atoms with Gasteiger partial charge in [0.25, 0.3) is 0 Å². The van der Waals surface area contributed by atoms with Crippen molar-refractivity contribution in [3.05, 3.63) is 41.7 Å². The van der Waals surface area contributed by atoms with E-state index in [4.69, 9.17) is 4.74 Å². The molecule has 2 fully saturated rings. The van der Waals surface area contributed by atoms with Crippen LogP contribution in [0.2, 0.25) is 0 Å². The van der Waals surface area contributed by atoms with Crippen LogP contribution in [0.1, 0.15) is 35.5 Å². The molecule has 1 saturated carbocycles. The van der Waals surface area contributed by atoms with E-state index in [1.165, 1.54) is 24.6 Å². The van der Waals surface area contributed by atoms with Crippen LogP contribution in [-0.4, -0.2) is 51.9 Å². The molecule has 1 aromatic heterocycles. The monoisotopic (exact) mass is 358 g/mol. The van der Waals surface area contributed by atoms with Gasteiger partial charge in [0, 0.05) is 19.1 Å². The van der Waals surface area contributed by atoms with Gasteiger partial charge in [0.1, 0.15) is 11.1 Å². The van der Waals surface area contributed by atoms with E-state index in [-0.39, 0.29) is 11.2 Å². The van der Waals surface area contributed by atoms with Gasteiger partial charge in [-0.15, -0.1) is 10.2 Å². The minimum absolute atomic E-state index is 0.127. The summed E-state index contributed by atoms with van der Waals surface area (Å²) in [5.41, 5.74) is 1.01. The zero-order valence-electron chi connectivity index (χ0n) is 14.3. The molecule has 6 nitrogen and oxygen atoms in total. The molecule has 4 rings (SSSR count). The largest absolute Gasteiger partial charge is 0.378 e. The Bertz CT molecular complexity index is 739. The standard InChI is InChI=1S/C18H22N4O2S/c1-13-19-20-18(22(13)15-7-8-15)25-16(14-5-3-2-4-6-14)17(23)21-9-11-24-12-10-21/h2-6,15-16H,7-12H2,1H3/t16-/m0/s1. The summed E-state index contributed by atoms with van der Waals surface area (Å²) in [5, 5.41) is 9.13. The van der Waals surface area contributed by atoms with E-state index < -0.39 is 0 Å². The Morgan fingerprint density at radius 3 is 2.60 bits per heavy atom. The quantitative estimate of drug-likeness (QED) is 0.769. The molecular weight excluding hydrogens is 336 g/mol. The summed E-state index contributed by atoms with van der Waals surface area (Å²) in [6.07, 6.45) is 2.33. The van der Waals surface area contributed by atoms with Crippen LogP contribution in [0.3, 0.4) is 0 Å². The van der Waals surface area contributed by atoms with Gasteiger partial charge in [0.15, 0.2) is 5.16 Å². The van der Waals surface area contributed by atoms with Crippen molar-refractivity contribution in [1.82, 2.24) is 19.7 Å². The SMILES string of the molecule is Cc1nnc(S[C@H](C(=O)N2CCOCC2)c2ccccc2)n1C1CC1. The van der Waals surface area contributed by atoms with Crippen molar-refractivity contribution >= 4 is 17.7 Å². The van der Waals surface area contributed by atoms with Gasteiger partial charge in [-0.05, 0) is 25.3 Å². The third-order valence-electron chi connectivity index (χ3n) is 4.62. The zero-order chi connectivity index (χ0) is 17.2. The fraction of sp³-hybridized carbons (Fsp3) is 0.500. The van der Waals surface area contributed by atoms with Crippen LogP contribution in [0.5, 0.6) is 0 Å². The molecule has 1 saturated heterocycles. The normalized spacial score (nSPS) is 19.0. The van der Waals surface area contributed by atoms with Crippen LogP contribution < -0.4 is 0 Å². The van der Waals surface area contributed by atoms with Gasteiger partial charge in [-0.1, -0.05) is 42.1 Å². The molecule has 1 aromatic carbocycles. The average molecular weight is 358 g/mol. The number of carbonyl (C=O) groups excluding carboxylic acids is 1. The van der Waals surface area contributed by atoms with Crippen LogP contribution in [0.15, 0.2) is 35.5 Å². The maximum atomic E-state index is 13.2. The predicted molar refractivity (Wildman–Crippen MR) is 95.5 cm³/mol. The lowest BCUT2D eigenvalue weighted by molar-refractivity contribution is -0.134. The molecule has 7 heteroatoms. The molecule has 132 valence electrons. The summed E-state index contributed by atoms with van der Waals surface area (Å²) >= 11 is 1.52. The van der Waals surface area contributed by atoms with Crippen LogP contribution in [0, 0.1) is 6.92 Å². The highest BCUT2D eigenvalue weighted by Gasteiger charge is 2.33. The van der Waals surface area contributed by atoms with Crippen LogP contribution in [-0.2, 0) is 9.53 Å². The number of morpholine rings is 1. The smallest absolute Gasteiger partial charge is 0.240 e. The van der Waals surface area contributed by atoms with E-state index >= 15 is 0 Å². The molecule has 0 spiro atoms. The van der Waals surface area contributed by atoms with Crippen molar-refractivity contribution in [3.8, 4) is 0 Å². The lowest BCUT2D eigenvalue weighted by Gasteiger charge is -2.30. The highest BCUT2D eigenvalue weighted by Crippen LogP contribution is 2.42. The third kappa shape index (κ3) is 3.57. The number of hydrogen-bond donors (Lipinski definition) is 0. The second kappa shape index (κ2) is 7.17. The minimum Gasteiger partial charge on any atom is -0.378 e. The second-order valence-corrected chi connectivity index (χ2v) is 7.55. The summed E-state index contributed by atoms with van der Waals surface area (Å²) in [4.78, 5) is 15.1. The number of nitrogens with zero attached hydrogens (tertiary/aromatic N) is 4. The summed E-state index contributed by atoms with van der Waals surface area (Å²) in [6.45, 7) is 4.50. The number of rotatable bonds is 5. The highest BCUT2D eigenvalue weighted by molar-refractivity contribution is 8.00. The van der Waals surface area contributed by atoms with Gasteiger partial charge in [-0.2, -0.15) is 0 Å². The fourth-order valence-corrected chi connectivity index (χ4v) is 4.36. The molecule has 0 N–H and O–H groups in total. The molecule has 2 heterocycles. The van der Waals surface area contributed by atoms with Crippen LogP contribution in [0.25, 0.3) is 0 Å². The second-order valence-electron chi connectivity index (χ2n) is 6.48. The molecular formula is C18H22N4O2S. The summed E-state index contributed by atoms with van der Waals surface area (Å²) in [5.74, 6) is 1.05. The Hall–Kier alpha value is -1.86. The Morgan fingerprint density at radius 2 is 1.92 bits per heavy atom. The Kier molecular flexibility index (Phi) is 4.76. The molecule has 0 unspecified atom stereocenters. The first-order valence-electron chi connectivity index (χ1n) is 8.73. The Balaban J connectivity index is 1.62. The predicted octanol–water partition coefficient (Wildman–Crippen LogP) is 2.61. The molecule has 2 aromatic rings. The van der Waals surface area contributed by atoms with Gasteiger partial charge >= 0.3 is 0 Å². The number of amides is 1. The van der Waals surface area contributed by atoms with E-state index in [0.29, 0.717) is 32.3 Å². The van der Waals surface area contributed by atoms with Crippen molar-refractivity contribution in [2.45, 2.75) is 36.2 Å². The van der Waals surface area contributed by atoms with E-state index in [1.54, 1.807) is 0 Å². The van der Waals surface area contributed by atoms with Crippen molar-refractivity contribution in [3.63, 3.8) is 0 Å². The van der Waals surface area contributed by atoms with E-state index in [1.807, 2.05) is 42.2 Å². The fourth-order valence-electron chi connectivity index (χ4n) is 3.13.